The molecule has 0 unspecified atom stereocenters. The Kier molecular flexibility index (Phi) is 5.40. The van der Waals surface area contributed by atoms with Gasteiger partial charge in [-0.1, -0.05) is 30.3 Å². The summed E-state index contributed by atoms with van der Waals surface area (Å²) in [5.41, 5.74) is 1.71. The molecule has 0 saturated heterocycles. The summed E-state index contributed by atoms with van der Waals surface area (Å²) in [6.07, 6.45) is 0. The van der Waals surface area contributed by atoms with Crippen LogP contribution in [0.4, 0.5) is 0 Å². The van der Waals surface area contributed by atoms with Crippen molar-refractivity contribution in [2.24, 2.45) is 7.05 Å². The fourth-order valence-corrected chi connectivity index (χ4v) is 4.25. The largest absolute Gasteiger partial charge is 0.468 e. The van der Waals surface area contributed by atoms with Crippen molar-refractivity contribution in [3.63, 3.8) is 0 Å². The molecule has 2 aromatic rings. The Morgan fingerprint density at radius 1 is 1.25 bits per heavy atom. The molecule has 0 atom stereocenters. The summed E-state index contributed by atoms with van der Waals surface area (Å²) in [6.45, 7) is 3.04. The number of benzene rings is 1. The number of sulfonamides is 1. The van der Waals surface area contributed by atoms with E-state index >= 15 is 0 Å². The Hall–Kier alpha value is -2.19. The van der Waals surface area contributed by atoms with Crippen molar-refractivity contribution in [3.05, 3.63) is 47.3 Å². The highest BCUT2D eigenvalue weighted by Gasteiger charge is 2.32. The zero-order valence-electron chi connectivity index (χ0n) is 14.2. The Morgan fingerprint density at radius 2 is 1.88 bits per heavy atom. The van der Waals surface area contributed by atoms with Crippen molar-refractivity contribution in [2.75, 3.05) is 13.7 Å². The molecule has 0 spiro atoms. The molecule has 130 valence electrons. The molecule has 24 heavy (non-hydrogen) atoms. The van der Waals surface area contributed by atoms with Crippen molar-refractivity contribution in [3.8, 4) is 0 Å². The SMILES string of the molecule is COC(=O)CN(Cc1ccccc1)S(=O)(=O)c1c(C)nn(C)c1C. The smallest absolute Gasteiger partial charge is 0.321 e. The van der Waals surface area contributed by atoms with Crippen LogP contribution in [0.2, 0.25) is 0 Å². The minimum Gasteiger partial charge on any atom is -0.468 e. The molecule has 0 aliphatic heterocycles. The Bertz CT molecular complexity index is 829. The van der Waals surface area contributed by atoms with E-state index in [1.807, 2.05) is 30.3 Å². The number of aryl methyl sites for hydroxylation is 2. The van der Waals surface area contributed by atoms with Crippen LogP contribution >= 0.6 is 0 Å². The third-order valence-electron chi connectivity index (χ3n) is 3.78. The summed E-state index contributed by atoms with van der Waals surface area (Å²) in [5.74, 6) is -0.617. The van der Waals surface area contributed by atoms with Gasteiger partial charge in [0.15, 0.2) is 0 Å². The summed E-state index contributed by atoms with van der Waals surface area (Å²) in [6, 6.07) is 9.10. The maximum absolute atomic E-state index is 13.1. The zero-order valence-corrected chi connectivity index (χ0v) is 15.0. The average molecular weight is 351 g/mol. The molecule has 0 N–H and O–H groups in total. The molecule has 1 aromatic heterocycles. The Balaban J connectivity index is 2.46. The van der Waals surface area contributed by atoms with Crippen LogP contribution in [-0.2, 0) is 33.1 Å². The molecular weight excluding hydrogens is 330 g/mol. The first-order valence-electron chi connectivity index (χ1n) is 7.38. The van der Waals surface area contributed by atoms with Gasteiger partial charge in [0.2, 0.25) is 10.0 Å². The lowest BCUT2D eigenvalue weighted by molar-refractivity contribution is -0.140. The highest BCUT2D eigenvalue weighted by molar-refractivity contribution is 7.89. The van der Waals surface area contributed by atoms with E-state index < -0.39 is 16.0 Å². The zero-order chi connectivity index (χ0) is 17.9. The van der Waals surface area contributed by atoms with Gasteiger partial charge in [-0.25, -0.2) is 8.42 Å². The van der Waals surface area contributed by atoms with Crippen molar-refractivity contribution in [1.82, 2.24) is 14.1 Å². The fraction of sp³-hybridized carbons (Fsp3) is 0.375. The van der Waals surface area contributed by atoms with Crippen LogP contribution in [0.5, 0.6) is 0 Å². The second kappa shape index (κ2) is 7.14. The summed E-state index contributed by atoms with van der Waals surface area (Å²) < 4.78 is 33.5. The minimum atomic E-state index is -3.90. The normalized spacial score (nSPS) is 11.7. The predicted molar refractivity (Wildman–Crippen MR) is 88.7 cm³/mol. The van der Waals surface area contributed by atoms with Crippen LogP contribution < -0.4 is 0 Å². The molecule has 0 amide bonds. The number of hydrogen-bond donors (Lipinski definition) is 0. The third kappa shape index (κ3) is 3.65. The summed E-state index contributed by atoms with van der Waals surface area (Å²) >= 11 is 0. The number of rotatable bonds is 6. The summed E-state index contributed by atoms with van der Waals surface area (Å²) in [4.78, 5) is 11.8. The van der Waals surface area contributed by atoms with E-state index in [1.165, 1.54) is 11.8 Å². The molecule has 0 bridgehead atoms. The van der Waals surface area contributed by atoms with Crippen LogP contribution in [0.15, 0.2) is 35.2 Å². The second-order valence-corrected chi connectivity index (χ2v) is 7.33. The van der Waals surface area contributed by atoms with Gasteiger partial charge in [-0.2, -0.15) is 9.40 Å². The number of methoxy groups -OCH3 is 1. The first kappa shape index (κ1) is 18.2. The van der Waals surface area contributed by atoms with Crippen LogP contribution in [0.25, 0.3) is 0 Å². The number of esters is 1. The topological polar surface area (TPSA) is 81.5 Å². The van der Waals surface area contributed by atoms with E-state index in [4.69, 9.17) is 0 Å². The van der Waals surface area contributed by atoms with Gasteiger partial charge in [0.05, 0.1) is 18.5 Å². The monoisotopic (exact) mass is 351 g/mol. The van der Waals surface area contributed by atoms with Crippen LogP contribution in [0, 0.1) is 13.8 Å². The number of hydrogen-bond acceptors (Lipinski definition) is 5. The number of carbonyl (C=O) groups excluding carboxylic acids is 1. The van der Waals surface area contributed by atoms with Crippen molar-refractivity contribution >= 4 is 16.0 Å². The number of carbonyl (C=O) groups is 1. The Labute approximate surface area is 141 Å². The van der Waals surface area contributed by atoms with Gasteiger partial charge in [0.25, 0.3) is 0 Å². The lowest BCUT2D eigenvalue weighted by Gasteiger charge is -2.21. The lowest BCUT2D eigenvalue weighted by atomic mass is 10.2. The van der Waals surface area contributed by atoms with Crippen LogP contribution in [-0.4, -0.2) is 42.1 Å². The summed E-state index contributed by atoms with van der Waals surface area (Å²) in [7, 11) is -0.980. The highest BCUT2D eigenvalue weighted by atomic mass is 32.2. The molecule has 0 saturated carbocycles. The van der Waals surface area contributed by atoms with Gasteiger partial charge in [-0.05, 0) is 19.4 Å². The van der Waals surface area contributed by atoms with Gasteiger partial charge < -0.3 is 4.74 Å². The van der Waals surface area contributed by atoms with E-state index in [9.17, 15) is 13.2 Å². The molecule has 2 rings (SSSR count). The standard InChI is InChI=1S/C16H21N3O4S/c1-12-16(13(2)18(3)17-12)24(21,22)19(11-15(20)23-4)10-14-8-6-5-7-9-14/h5-9H,10-11H2,1-4H3. The van der Waals surface area contributed by atoms with Crippen molar-refractivity contribution < 1.29 is 17.9 Å². The molecule has 0 aliphatic rings. The molecule has 0 radical (unpaired) electrons. The van der Waals surface area contributed by atoms with Crippen LogP contribution in [0.1, 0.15) is 17.0 Å². The molecule has 0 aliphatic carbocycles. The fourth-order valence-electron chi connectivity index (χ4n) is 2.48. The molecule has 1 heterocycles. The van der Waals surface area contributed by atoms with Gasteiger partial charge in [0, 0.05) is 13.6 Å². The third-order valence-corrected chi connectivity index (χ3v) is 5.82. The van der Waals surface area contributed by atoms with Gasteiger partial charge >= 0.3 is 5.97 Å². The number of ether oxygens (including phenoxy) is 1. The van der Waals surface area contributed by atoms with Crippen LogP contribution in [0.3, 0.4) is 0 Å². The average Bonchev–Trinajstić information content (AvgIpc) is 2.80. The number of aromatic nitrogens is 2. The number of nitrogens with zero attached hydrogens (tertiary/aromatic N) is 3. The van der Waals surface area contributed by atoms with E-state index in [0.717, 1.165) is 9.87 Å². The Morgan fingerprint density at radius 3 is 2.38 bits per heavy atom. The van der Waals surface area contributed by atoms with E-state index in [2.05, 4.69) is 9.84 Å². The maximum Gasteiger partial charge on any atom is 0.321 e. The van der Waals surface area contributed by atoms with E-state index in [1.54, 1.807) is 20.9 Å². The van der Waals surface area contributed by atoms with Crippen molar-refractivity contribution in [2.45, 2.75) is 25.3 Å². The highest BCUT2D eigenvalue weighted by Crippen LogP contribution is 2.24. The molecule has 8 heteroatoms. The van der Waals surface area contributed by atoms with E-state index in [-0.39, 0.29) is 18.0 Å². The quantitative estimate of drug-likeness (QED) is 0.735. The maximum atomic E-state index is 13.1. The molecular formula is C16H21N3O4S. The van der Waals surface area contributed by atoms with Gasteiger partial charge in [-0.15, -0.1) is 0 Å². The first-order chi connectivity index (χ1) is 11.3. The van der Waals surface area contributed by atoms with Gasteiger partial charge in [-0.3, -0.25) is 9.48 Å². The van der Waals surface area contributed by atoms with Gasteiger partial charge in [0.1, 0.15) is 11.4 Å². The van der Waals surface area contributed by atoms with Crippen molar-refractivity contribution in [1.29, 1.82) is 0 Å². The minimum absolute atomic E-state index is 0.0754. The lowest BCUT2D eigenvalue weighted by Crippen LogP contribution is -2.36. The predicted octanol–water partition coefficient (Wildman–Crippen LogP) is 1.40. The first-order valence-corrected chi connectivity index (χ1v) is 8.82. The molecule has 1 aromatic carbocycles. The molecule has 0 fully saturated rings. The summed E-state index contributed by atoms with van der Waals surface area (Å²) in [5, 5.41) is 4.16. The molecule has 7 nitrogen and oxygen atoms in total. The second-order valence-electron chi connectivity index (χ2n) is 5.46. The van der Waals surface area contributed by atoms with E-state index in [0.29, 0.717) is 11.4 Å².